The number of benzene rings is 1. The molecule has 10 nitrogen and oxygen atoms in total. The standard InChI is InChI=1S/C33H34FN7O3/c1-7-26(42)39-13-11-24(20(6)16-39)40-25-14-22(34)29(27-18(4)8-9-23-21(27)15-36-38-23)37-31(25)41(33(44)32(40)43)30-19(5)10-12-35-28(30)17(2)3/h7-10,12,14-15,17,20,24H,1,11,13,16H2,2-6H3,(H,36,38)/t20-,24?/m0/s1. The van der Waals surface area contributed by atoms with Gasteiger partial charge >= 0.3 is 11.1 Å². The quantitative estimate of drug-likeness (QED) is 0.227. The number of piperidine rings is 1. The second kappa shape index (κ2) is 11.0. The van der Waals surface area contributed by atoms with Crippen molar-refractivity contribution in [2.24, 2.45) is 5.92 Å². The van der Waals surface area contributed by atoms with Crippen LogP contribution in [0.3, 0.4) is 0 Å². The summed E-state index contributed by atoms with van der Waals surface area (Å²) < 4.78 is 19.1. The Hall–Kier alpha value is -4.93. The van der Waals surface area contributed by atoms with E-state index in [1.165, 1.54) is 21.3 Å². The number of carbonyl (C=O) groups excluding carboxylic acids is 1. The van der Waals surface area contributed by atoms with Gasteiger partial charge < -0.3 is 4.90 Å². The molecule has 1 N–H and O–H groups in total. The second-order valence-electron chi connectivity index (χ2n) is 11.9. The molecule has 4 aromatic heterocycles. The maximum Gasteiger partial charge on any atom is 0.322 e. The molecule has 5 heterocycles. The maximum absolute atomic E-state index is 16.4. The fourth-order valence-corrected chi connectivity index (χ4v) is 6.50. The van der Waals surface area contributed by atoms with Crippen molar-refractivity contribution < 1.29 is 9.18 Å². The third kappa shape index (κ3) is 4.54. The molecule has 5 aromatic rings. The Balaban J connectivity index is 1.71. The normalized spacial score (nSPS) is 17.1. The number of H-pyrrole nitrogens is 1. The molecule has 0 spiro atoms. The summed E-state index contributed by atoms with van der Waals surface area (Å²) in [7, 11) is 0. The average molecular weight is 596 g/mol. The van der Waals surface area contributed by atoms with Gasteiger partial charge in [0.1, 0.15) is 5.69 Å². The molecule has 1 amide bonds. The van der Waals surface area contributed by atoms with Gasteiger partial charge in [0.15, 0.2) is 11.5 Å². The van der Waals surface area contributed by atoms with Gasteiger partial charge in [0.05, 0.1) is 28.6 Å². The van der Waals surface area contributed by atoms with Gasteiger partial charge in [0.2, 0.25) is 5.91 Å². The van der Waals surface area contributed by atoms with Gasteiger partial charge in [-0.05, 0) is 61.4 Å². The highest BCUT2D eigenvalue weighted by Crippen LogP contribution is 2.36. The minimum absolute atomic E-state index is 0.0486. The summed E-state index contributed by atoms with van der Waals surface area (Å²) in [5, 5.41) is 7.75. The number of amides is 1. The lowest BCUT2D eigenvalue weighted by Crippen LogP contribution is -2.49. The van der Waals surface area contributed by atoms with E-state index in [1.54, 1.807) is 23.4 Å². The van der Waals surface area contributed by atoms with Crippen molar-refractivity contribution in [2.75, 3.05) is 13.1 Å². The summed E-state index contributed by atoms with van der Waals surface area (Å²) in [4.78, 5) is 51.8. The zero-order valence-corrected chi connectivity index (χ0v) is 25.4. The smallest absolute Gasteiger partial charge is 0.322 e. The topological polar surface area (TPSA) is 119 Å². The van der Waals surface area contributed by atoms with Crippen LogP contribution in [0.2, 0.25) is 0 Å². The number of nitrogens with one attached hydrogen (secondary N) is 1. The number of fused-ring (bicyclic) bond motifs is 2. The molecular formula is C33H34FN7O3. The highest BCUT2D eigenvalue weighted by molar-refractivity contribution is 5.96. The van der Waals surface area contributed by atoms with Crippen LogP contribution < -0.4 is 11.1 Å². The van der Waals surface area contributed by atoms with Crippen molar-refractivity contribution >= 4 is 28.0 Å². The van der Waals surface area contributed by atoms with E-state index in [1.807, 2.05) is 46.8 Å². The van der Waals surface area contributed by atoms with E-state index in [-0.39, 0.29) is 34.6 Å². The molecule has 0 aliphatic carbocycles. The van der Waals surface area contributed by atoms with Gasteiger partial charge in [-0.25, -0.2) is 9.37 Å². The number of rotatable bonds is 5. The van der Waals surface area contributed by atoms with Gasteiger partial charge in [-0.15, -0.1) is 0 Å². The van der Waals surface area contributed by atoms with E-state index < -0.39 is 23.0 Å². The first-order valence-corrected chi connectivity index (χ1v) is 14.7. The molecular weight excluding hydrogens is 561 g/mol. The second-order valence-corrected chi connectivity index (χ2v) is 11.9. The summed E-state index contributed by atoms with van der Waals surface area (Å²) in [6.45, 7) is 13.9. The van der Waals surface area contributed by atoms with Crippen molar-refractivity contribution in [3.05, 3.63) is 92.7 Å². The number of carbonyl (C=O) groups is 1. The fourth-order valence-electron chi connectivity index (χ4n) is 6.50. The number of hydrogen-bond acceptors (Lipinski definition) is 6. The molecule has 44 heavy (non-hydrogen) atoms. The minimum atomic E-state index is -0.796. The van der Waals surface area contributed by atoms with Crippen LogP contribution in [0, 0.1) is 25.6 Å². The van der Waals surface area contributed by atoms with E-state index in [9.17, 15) is 14.4 Å². The van der Waals surface area contributed by atoms with E-state index in [0.717, 1.165) is 11.1 Å². The molecule has 1 saturated heterocycles. The third-order valence-corrected chi connectivity index (χ3v) is 8.68. The van der Waals surface area contributed by atoms with E-state index >= 15 is 4.39 Å². The monoisotopic (exact) mass is 595 g/mol. The first-order valence-electron chi connectivity index (χ1n) is 14.7. The van der Waals surface area contributed by atoms with Crippen LogP contribution in [-0.4, -0.2) is 53.2 Å². The Labute approximate surface area is 252 Å². The Morgan fingerprint density at radius 3 is 2.64 bits per heavy atom. The molecule has 0 radical (unpaired) electrons. The first kappa shape index (κ1) is 29.2. The fraction of sp³-hybridized carbons (Fsp3) is 0.333. The van der Waals surface area contributed by atoms with Crippen molar-refractivity contribution in [3.63, 3.8) is 0 Å². The van der Waals surface area contributed by atoms with Crippen LogP contribution in [-0.2, 0) is 4.79 Å². The van der Waals surface area contributed by atoms with Crippen LogP contribution in [0.4, 0.5) is 4.39 Å². The number of likely N-dealkylation sites (tertiary alicyclic amines) is 1. The lowest BCUT2D eigenvalue weighted by molar-refractivity contribution is -0.128. The maximum atomic E-state index is 16.4. The van der Waals surface area contributed by atoms with Crippen molar-refractivity contribution in [1.29, 1.82) is 0 Å². The molecule has 0 saturated carbocycles. The van der Waals surface area contributed by atoms with Crippen LogP contribution in [0.25, 0.3) is 39.0 Å². The number of halogens is 1. The largest absolute Gasteiger partial charge is 0.339 e. The molecule has 226 valence electrons. The molecule has 2 atom stereocenters. The molecule has 1 aliphatic rings. The first-order chi connectivity index (χ1) is 21.0. The summed E-state index contributed by atoms with van der Waals surface area (Å²) in [6.07, 6.45) is 4.96. The molecule has 11 heteroatoms. The van der Waals surface area contributed by atoms with Crippen LogP contribution in [0.5, 0.6) is 0 Å². The molecule has 1 aliphatic heterocycles. The molecule has 1 fully saturated rings. The van der Waals surface area contributed by atoms with Gasteiger partial charge in [-0.2, -0.15) is 5.10 Å². The van der Waals surface area contributed by atoms with Crippen LogP contribution >= 0.6 is 0 Å². The molecule has 1 unspecified atom stereocenters. The Morgan fingerprint density at radius 1 is 1.16 bits per heavy atom. The molecule has 1 aromatic carbocycles. The summed E-state index contributed by atoms with van der Waals surface area (Å²) >= 11 is 0. The molecule has 0 bridgehead atoms. The van der Waals surface area contributed by atoms with E-state index in [4.69, 9.17) is 4.98 Å². The van der Waals surface area contributed by atoms with E-state index in [0.29, 0.717) is 47.4 Å². The van der Waals surface area contributed by atoms with Gasteiger partial charge in [0.25, 0.3) is 0 Å². The number of aromatic nitrogens is 6. The number of aromatic amines is 1. The summed E-state index contributed by atoms with van der Waals surface area (Å²) in [6, 6.07) is 6.35. The lowest BCUT2D eigenvalue weighted by atomic mass is 9.93. The highest BCUT2D eigenvalue weighted by atomic mass is 19.1. The Morgan fingerprint density at radius 2 is 1.93 bits per heavy atom. The van der Waals surface area contributed by atoms with Gasteiger partial charge in [-0.3, -0.25) is 33.6 Å². The van der Waals surface area contributed by atoms with Gasteiger partial charge in [-0.1, -0.05) is 33.4 Å². The molecule has 6 rings (SSSR count). The zero-order chi connectivity index (χ0) is 31.4. The number of nitrogens with zero attached hydrogens (tertiary/aromatic N) is 6. The predicted molar refractivity (Wildman–Crippen MR) is 168 cm³/mol. The third-order valence-electron chi connectivity index (χ3n) is 8.68. The lowest BCUT2D eigenvalue weighted by Gasteiger charge is -2.37. The van der Waals surface area contributed by atoms with Crippen molar-refractivity contribution in [2.45, 2.75) is 53.0 Å². The highest BCUT2D eigenvalue weighted by Gasteiger charge is 2.33. The number of pyridine rings is 2. The van der Waals surface area contributed by atoms with Crippen LogP contribution in [0.1, 0.15) is 56.0 Å². The SMILES string of the molecule is C=CC(=O)N1CCC(n2c(=O)c(=O)n(-c3c(C)ccnc3C(C)C)c3nc(-c4c(C)ccc5[nH]ncc45)c(F)cc32)[C@@H](C)C1. The predicted octanol–water partition coefficient (Wildman–Crippen LogP) is 4.96. The summed E-state index contributed by atoms with van der Waals surface area (Å²) in [5.74, 6) is -1.12. The van der Waals surface area contributed by atoms with E-state index in [2.05, 4.69) is 21.8 Å². The van der Waals surface area contributed by atoms with Crippen LogP contribution in [0.15, 0.2) is 58.9 Å². The number of hydrogen-bond donors (Lipinski definition) is 1. The average Bonchev–Trinajstić information content (AvgIpc) is 3.47. The van der Waals surface area contributed by atoms with Crippen molar-refractivity contribution in [1.82, 2.24) is 34.2 Å². The summed E-state index contributed by atoms with van der Waals surface area (Å²) in [5.41, 5.74) is 2.68. The minimum Gasteiger partial charge on any atom is -0.339 e. The van der Waals surface area contributed by atoms with Crippen molar-refractivity contribution in [3.8, 4) is 16.9 Å². The Kier molecular flexibility index (Phi) is 7.27. The zero-order valence-electron chi connectivity index (χ0n) is 25.4. The number of aryl methyl sites for hydroxylation is 2. The Bertz CT molecular complexity index is 2090. The van der Waals surface area contributed by atoms with Gasteiger partial charge in [0, 0.05) is 42.3 Å².